The Morgan fingerprint density at radius 2 is 1.44 bits per heavy atom. The Morgan fingerprint density at radius 1 is 0.872 bits per heavy atom. The van der Waals surface area contributed by atoms with Crippen LogP contribution in [0, 0.1) is 25.7 Å². The molecule has 0 radical (unpaired) electrons. The molecule has 3 rings (SSSR count). The second-order valence-corrected chi connectivity index (χ2v) is 13.4. The number of esters is 1. The fourth-order valence-electron chi connectivity index (χ4n) is 2.89. The number of hydrogen-bond donors (Lipinski definition) is 1. The third-order valence-electron chi connectivity index (χ3n) is 4.98. The molecule has 3 aromatic carbocycles. The van der Waals surface area contributed by atoms with E-state index in [1.807, 2.05) is 0 Å². The molecule has 0 spiro atoms. The van der Waals surface area contributed by atoms with Gasteiger partial charge in [-0.25, -0.2) is 16.8 Å². The molecule has 39 heavy (non-hydrogen) atoms. The fraction of sp³-hybridized carbons (Fsp3) is 0.192. The lowest BCUT2D eigenvalue weighted by atomic mass is 10.2. The van der Waals surface area contributed by atoms with Crippen molar-refractivity contribution in [3.8, 4) is 11.8 Å². The van der Waals surface area contributed by atoms with Crippen LogP contribution in [0.25, 0.3) is 0 Å². The van der Waals surface area contributed by atoms with E-state index in [0.29, 0.717) is 31.8 Å². The molecular weight excluding hydrogens is 628 g/mol. The number of benzene rings is 3. The van der Waals surface area contributed by atoms with Gasteiger partial charge in [0, 0.05) is 32.2 Å². The van der Waals surface area contributed by atoms with E-state index in [0.717, 1.165) is 0 Å². The van der Waals surface area contributed by atoms with E-state index in [1.165, 1.54) is 49.6 Å². The topological polar surface area (TPSA) is 107 Å². The van der Waals surface area contributed by atoms with Gasteiger partial charge in [-0.1, -0.05) is 46.6 Å². The molecule has 0 amide bonds. The Balaban J connectivity index is 0.000000370. The summed E-state index contributed by atoms with van der Waals surface area (Å²) in [4.78, 5) is 11.3. The van der Waals surface area contributed by atoms with Gasteiger partial charge in [0.1, 0.15) is 0 Å². The zero-order valence-electron chi connectivity index (χ0n) is 20.9. The van der Waals surface area contributed by atoms with Gasteiger partial charge < -0.3 is 4.74 Å². The predicted molar refractivity (Wildman–Crippen MR) is 156 cm³/mol. The van der Waals surface area contributed by atoms with Gasteiger partial charge in [0.05, 0.1) is 34.6 Å². The Labute approximate surface area is 247 Å². The maximum Gasteiger partial charge on any atom is 0.306 e. The van der Waals surface area contributed by atoms with Crippen molar-refractivity contribution in [3.63, 3.8) is 0 Å². The molecule has 3 aromatic rings. The van der Waals surface area contributed by atoms with Gasteiger partial charge in [0.25, 0.3) is 19.1 Å². The van der Waals surface area contributed by atoms with E-state index < -0.39 is 19.1 Å². The highest BCUT2D eigenvalue weighted by Crippen LogP contribution is 2.25. The van der Waals surface area contributed by atoms with Gasteiger partial charge >= 0.3 is 5.97 Å². The minimum atomic E-state index is -3.83. The predicted octanol–water partition coefficient (Wildman–Crippen LogP) is 6.98. The third kappa shape index (κ3) is 10.2. The molecule has 7 nitrogen and oxygen atoms in total. The van der Waals surface area contributed by atoms with Crippen molar-refractivity contribution < 1.29 is 26.4 Å². The molecule has 0 aliphatic heterocycles. The van der Waals surface area contributed by atoms with Crippen molar-refractivity contribution in [1.29, 1.82) is 0 Å². The Hall–Kier alpha value is -2.45. The average Bonchev–Trinajstić information content (AvgIpc) is 2.86. The molecule has 0 atom stereocenters. The Morgan fingerprint density at radius 3 is 1.97 bits per heavy atom. The van der Waals surface area contributed by atoms with Crippen molar-refractivity contribution in [2.45, 2.75) is 36.5 Å². The van der Waals surface area contributed by atoms with Crippen molar-refractivity contribution >= 4 is 76.2 Å². The van der Waals surface area contributed by atoms with Crippen LogP contribution in [0.5, 0.6) is 0 Å². The molecule has 0 heterocycles. The lowest BCUT2D eigenvalue weighted by Gasteiger charge is -2.11. The molecule has 0 unspecified atom stereocenters. The molecule has 0 bridgehead atoms. The summed E-state index contributed by atoms with van der Waals surface area (Å²) in [5.74, 6) is 5.29. The van der Waals surface area contributed by atoms with Crippen LogP contribution >= 0.6 is 45.5 Å². The normalized spacial score (nSPS) is 10.9. The molecule has 208 valence electrons. The number of nitrogens with one attached hydrogen (secondary N) is 1. The van der Waals surface area contributed by atoms with Gasteiger partial charge in [-0.05, 0) is 79.6 Å². The minimum absolute atomic E-state index is 0.0751. The number of rotatable bonds is 6. The SMILES string of the molecule is COC(=O)CCC#Cc1cc(Cl)ccc1NS(=O)(=O)c1ccc(Cl)c(C)c1.Cc1cc(S(=O)(=O)Cl)ccc1Cl. The summed E-state index contributed by atoms with van der Waals surface area (Å²) >= 11 is 17.6. The van der Waals surface area contributed by atoms with Crippen LogP contribution in [0.2, 0.25) is 15.1 Å². The number of aryl methyl sites for hydroxylation is 2. The molecule has 0 aliphatic rings. The van der Waals surface area contributed by atoms with Crippen LogP contribution in [-0.4, -0.2) is 29.9 Å². The lowest BCUT2D eigenvalue weighted by Crippen LogP contribution is -2.14. The van der Waals surface area contributed by atoms with Crippen molar-refractivity contribution in [3.05, 3.63) is 86.4 Å². The van der Waals surface area contributed by atoms with Gasteiger partial charge in [0.15, 0.2) is 0 Å². The molecular formula is C26H23Cl4NO6S2. The van der Waals surface area contributed by atoms with Crippen LogP contribution < -0.4 is 4.72 Å². The molecule has 0 saturated carbocycles. The highest BCUT2D eigenvalue weighted by atomic mass is 35.7. The van der Waals surface area contributed by atoms with Crippen molar-refractivity contribution in [2.75, 3.05) is 11.8 Å². The first-order valence-electron chi connectivity index (χ1n) is 11.0. The zero-order chi connectivity index (χ0) is 29.4. The smallest absolute Gasteiger partial charge is 0.306 e. The summed E-state index contributed by atoms with van der Waals surface area (Å²) in [6.45, 7) is 3.44. The van der Waals surface area contributed by atoms with Gasteiger partial charge in [-0.15, -0.1) is 0 Å². The van der Waals surface area contributed by atoms with E-state index >= 15 is 0 Å². The van der Waals surface area contributed by atoms with Crippen molar-refractivity contribution in [1.82, 2.24) is 0 Å². The summed E-state index contributed by atoms with van der Waals surface area (Å²) in [6.07, 6.45) is 0.428. The first-order valence-corrected chi connectivity index (χ1v) is 15.9. The molecule has 0 fully saturated rings. The zero-order valence-corrected chi connectivity index (χ0v) is 25.5. The van der Waals surface area contributed by atoms with E-state index in [2.05, 4.69) is 21.3 Å². The maximum absolute atomic E-state index is 12.7. The Kier molecular flexibility index (Phi) is 12.0. The van der Waals surface area contributed by atoms with Gasteiger partial charge in [-0.3, -0.25) is 9.52 Å². The average molecular weight is 651 g/mol. The van der Waals surface area contributed by atoms with Crippen molar-refractivity contribution in [2.24, 2.45) is 0 Å². The minimum Gasteiger partial charge on any atom is -0.469 e. The second kappa shape index (κ2) is 14.3. The molecule has 0 saturated heterocycles. The highest BCUT2D eigenvalue weighted by Gasteiger charge is 2.17. The summed E-state index contributed by atoms with van der Waals surface area (Å²) in [7, 11) is -1.04. The number of carbonyl (C=O) groups excluding carboxylic acids is 1. The maximum atomic E-state index is 12.7. The summed E-state index contributed by atoms with van der Waals surface area (Å²) in [5.41, 5.74) is 2.04. The van der Waals surface area contributed by atoms with E-state index in [9.17, 15) is 21.6 Å². The molecule has 1 N–H and O–H groups in total. The quantitative estimate of drug-likeness (QED) is 0.175. The molecule has 0 aliphatic carbocycles. The third-order valence-corrected chi connectivity index (χ3v) is 8.78. The first-order chi connectivity index (χ1) is 18.1. The highest BCUT2D eigenvalue weighted by molar-refractivity contribution is 8.13. The number of halogens is 4. The Bertz CT molecular complexity index is 1650. The summed E-state index contributed by atoms with van der Waals surface area (Å²) in [5, 5.41) is 1.43. The lowest BCUT2D eigenvalue weighted by molar-refractivity contribution is -0.140. The summed E-state index contributed by atoms with van der Waals surface area (Å²) in [6, 6.07) is 13.4. The van der Waals surface area contributed by atoms with E-state index in [-0.39, 0.29) is 34.3 Å². The second-order valence-electron chi connectivity index (χ2n) is 7.93. The van der Waals surface area contributed by atoms with E-state index in [1.54, 1.807) is 26.0 Å². The number of hydrogen-bond acceptors (Lipinski definition) is 6. The fourth-order valence-corrected chi connectivity index (χ4v) is 5.30. The van der Waals surface area contributed by atoms with Crippen LogP contribution in [-0.2, 0) is 28.6 Å². The van der Waals surface area contributed by atoms with Crippen LogP contribution in [0.15, 0.2) is 64.4 Å². The van der Waals surface area contributed by atoms with Gasteiger partial charge in [-0.2, -0.15) is 0 Å². The number of sulfonamides is 1. The first kappa shape index (κ1) is 32.8. The standard InChI is InChI=1S/C19H17Cl2NO4S.C7H6Cl2O2S/c1-13-11-16(8-9-17(13)21)27(24,25)22-18-10-7-15(20)12-14(18)5-3-4-6-19(23)26-2;1-5-4-6(12(9,10)11)2-3-7(5)8/h7-12,22H,4,6H2,1-2H3;2-4H,1H3. The summed E-state index contributed by atoms with van der Waals surface area (Å²) < 4.78 is 54.0. The monoisotopic (exact) mass is 649 g/mol. The number of ether oxygens (including phenoxy) is 1. The van der Waals surface area contributed by atoms with Crippen LogP contribution in [0.4, 0.5) is 5.69 Å². The van der Waals surface area contributed by atoms with E-state index in [4.69, 9.17) is 45.5 Å². The number of anilines is 1. The molecule has 0 aromatic heterocycles. The largest absolute Gasteiger partial charge is 0.469 e. The molecule has 13 heteroatoms. The number of methoxy groups -OCH3 is 1. The van der Waals surface area contributed by atoms with Crippen LogP contribution in [0.1, 0.15) is 29.5 Å². The van der Waals surface area contributed by atoms with Crippen LogP contribution in [0.3, 0.4) is 0 Å². The number of carbonyl (C=O) groups is 1. The van der Waals surface area contributed by atoms with Gasteiger partial charge in [0.2, 0.25) is 0 Å².